The molecule has 0 saturated heterocycles. The third-order valence-electron chi connectivity index (χ3n) is 4.10. The van der Waals surface area contributed by atoms with Crippen LogP contribution in [0.5, 0.6) is 0 Å². The van der Waals surface area contributed by atoms with Gasteiger partial charge >= 0.3 is 5.97 Å². The van der Waals surface area contributed by atoms with Gasteiger partial charge in [0.1, 0.15) is 11.6 Å². The zero-order chi connectivity index (χ0) is 18.4. The van der Waals surface area contributed by atoms with Crippen molar-refractivity contribution >= 4 is 17.8 Å². The lowest BCUT2D eigenvalue weighted by Crippen LogP contribution is -2.59. The van der Waals surface area contributed by atoms with E-state index in [1.54, 1.807) is 0 Å². The van der Waals surface area contributed by atoms with Gasteiger partial charge in [-0.25, -0.2) is 4.79 Å². The molecule has 2 amide bonds. The molecule has 0 bridgehead atoms. The van der Waals surface area contributed by atoms with Gasteiger partial charge in [0.05, 0.1) is 0 Å². The van der Waals surface area contributed by atoms with Gasteiger partial charge in [-0.1, -0.05) is 41.0 Å². The lowest BCUT2D eigenvalue weighted by Gasteiger charge is -2.32. The first-order chi connectivity index (χ1) is 10.3. The van der Waals surface area contributed by atoms with Crippen molar-refractivity contribution in [3.63, 3.8) is 0 Å². The van der Waals surface area contributed by atoms with Crippen molar-refractivity contribution in [2.45, 2.75) is 79.3 Å². The number of rotatable bonds is 8. The number of carboxylic acids is 1. The molecule has 6 heteroatoms. The number of hydrogen-bond donors (Lipinski definition) is 3. The minimum atomic E-state index is -1.35. The molecule has 6 nitrogen and oxygen atoms in total. The molecule has 0 aliphatic heterocycles. The van der Waals surface area contributed by atoms with Crippen molar-refractivity contribution in [2.24, 2.45) is 11.3 Å². The molecule has 0 aromatic heterocycles. The van der Waals surface area contributed by atoms with E-state index in [1.165, 1.54) is 13.8 Å². The average Bonchev–Trinajstić information content (AvgIpc) is 2.40. The largest absolute Gasteiger partial charge is 0.480 e. The fourth-order valence-corrected chi connectivity index (χ4v) is 2.12. The second-order valence-electron chi connectivity index (χ2n) is 7.75. The highest BCUT2D eigenvalue weighted by molar-refractivity contribution is 5.91. The maximum Gasteiger partial charge on any atom is 0.329 e. The molecule has 0 aliphatic rings. The Balaban J connectivity index is 5.19. The average molecular weight is 328 g/mol. The topological polar surface area (TPSA) is 95.5 Å². The van der Waals surface area contributed by atoms with E-state index in [1.807, 2.05) is 34.6 Å². The van der Waals surface area contributed by atoms with Gasteiger partial charge in [-0.3, -0.25) is 9.59 Å². The Kier molecular flexibility index (Phi) is 7.74. The van der Waals surface area contributed by atoms with E-state index in [-0.39, 0.29) is 17.2 Å². The summed E-state index contributed by atoms with van der Waals surface area (Å²) >= 11 is 0. The zero-order valence-electron chi connectivity index (χ0n) is 15.4. The van der Waals surface area contributed by atoms with Gasteiger partial charge in [0.15, 0.2) is 0 Å². The Bertz CT molecular complexity index is 442. The van der Waals surface area contributed by atoms with Crippen LogP contribution in [0, 0.1) is 11.3 Å². The Morgan fingerprint density at radius 2 is 1.61 bits per heavy atom. The van der Waals surface area contributed by atoms with Crippen molar-refractivity contribution in [1.82, 2.24) is 10.6 Å². The molecule has 0 fully saturated rings. The maximum atomic E-state index is 12.5. The van der Waals surface area contributed by atoms with E-state index < -0.39 is 23.5 Å². The van der Waals surface area contributed by atoms with E-state index in [9.17, 15) is 19.5 Å². The van der Waals surface area contributed by atoms with Crippen molar-refractivity contribution < 1.29 is 19.5 Å². The van der Waals surface area contributed by atoms with Gasteiger partial charge in [-0.05, 0) is 31.1 Å². The van der Waals surface area contributed by atoms with Gasteiger partial charge in [0, 0.05) is 6.92 Å². The van der Waals surface area contributed by atoms with Crippen LogP contribution in [0.3, 0.4) is 0 Å². The highest BCUT2D eigenvalue weighted by Gasteiger charge is 2.38. The molecule has 0 radical (unpaired) electrons. The number of hydrogen-bond acceptors (Lipinski definition) is 3. The summed E-state index contributed by atoms with van der Waals surface area (Å²) in [6, 6.07) is -0.731. The highest BCUT2D eigenvalue weighted by atomic mass is 16.4. The quantitative estimate of drug-likeness (QED) is 0.637. The number of carbonyl (C=O) groups is 3. The summed E-state index contributed by atoms with van der Waals surface area (Å²) in [7, 11) is 0. The minimum absolute atomic E-state index is 0.0326. The third kappa shape index (κ3) is 7.48. The number of amides is 2. The fourth-order valence-electron chi connectivity index (χ4n) is 2.12. The van der Waals surface area contributed by atoms with Gasteiger partial charge < -0.3 is 15.7 Å². The molecule has 3 atom stereocenters. The summed E-state index contributed by atoms with van der Waals surface area (Å²) in [5, 5.41) is 14.8. The van der Waals surface area contributed by atoms with Crippen molar-refractivity contribution in [1.29, 1.82) is 0 Å². The predicted octanol–water partition coefficient (Wildman–Crippen LogP) is 2.32. The van der Waals surface area contributed by atoms with E-state index in [2.05, 4.69) is 10.6 Å². The second kappa shape index (κ2) is 8.31. The van der Waals surface area contributed by atoms with E-state index in [0.717, 1.165) is 0 Å². The van der Waals surface area contributed by atoms with Crippen LogP contribution in [-0.2, 0) is 14.4 Å². The Labute approximate surface area is 139 Å². The zero-order valence-corrected chi connectivity index (χ0v) is 15.4. The van der Waals surface area contributed by atoms with E-state index >= 15 is 0 Å². The van der Waals surface area contributed by atoms with Crippen LogP contribution < -0.4 is 10.6 Å². The fraction of sp³-hybridized carbons (Fsp3) is 0.824. The second-order valence-corrected chi connectivity index (χ2v) is 7.75. The summed E-state index contributed by atoms with van der Waals surface area (Å²) in [5.41, 5.74) is -1.39. The monoisotopic (exact) mass is 328 g/mol. The Morgan fingerprint density at radius 1 is 1.09 bits per heavy atom. The molecule has 134 valence electrons. The van der Waals surface area contributed by atoms with Crippen LogP contribution in [0.25, 0.3) is 0 Å². The Hall–Kier alpha value is -1.59. The van der Waals surface area contributed by atoms with Crippen molar-refractivity contribution in [3.8, 4) is 0 Å². The maximum absolute atomic E-state index is 12.5. The van der Waals surface area contributed by atoms with Crippen LogP contribution in [0.15, 0.2) is 0 Å². The number of carbonyl (C=O) groups excluding carboxylic acids is 2. The summed E-state index contributed by atoms with van der Waals surface area (Å²) in [6.07, 6.45) is 1.68. The van der Waals surface area contributed by atoms with E-state index in [4.69, 9.17) is 0 Å². The molecule has 0 spiro atoms. The van der Waals surface area contributed by atoms with E-state index in [0.29, 0.717) is 19.3 Å². The van der Waals surface area contributed by atoms with Crippen LogP contribution in [0.4, 0.5) is 0 Å². The predicted molar refractivity (Wildman–Crippen MR) is 89.9 cm³/mol. The van der Waals surface area contributed by atoms with Crippen molar-refractivity contribution in [2.75, 3.05) is 0 Å². The highest BCUT2D eigenvalue weighted by Crippen LogP contribution is 2.26. The first-order valence-electron chi connectivity index (χ1n) is 8.15. The van der Waals surface area contributed by atoms with Crippen LogP contribution in [0.1, 0.15) is 67.7 Å². The molecule has 0 aromatic carbocycles. The smallest absolute Gasteiger partial charge is 0.329 e. The standard InChI is InChI=1S/C17H32N2O4/c1-8-11(2)13(18-12(3)20)14(21)19-17(7,15(22)23)10-9-16(4,5)6/h11,13H,8-10H2,1-7H3,(H,18,20)(H,19,21)(H,22,23). The summed E-state index contributed by atoms with van der Waals surface area (Å²) in [4.78, 5) is 35.5. The molecule has 0 aliphatic carbocycles. The van der Waals surface area contributed by atoms with Crippen LogP contribution in [0.2, 0.25) is 0 Å². The molecule has 3 unspecified atom stereocenters. The molecule has 0 rings (SSSR count). The summed E-state index contributed by atoms with van der Waals surface area (Å²) < 4.78 is 0. The SMILES string of the molecule is CCC(C)C(NC(C)=O)C(=O)NC(C)(CCC(C)(C)C)C(=O)O. The minimum Gasteiger partial charge on any atom is -0.480 e. The third-order valence-corrected chi connectivity index (χ3v) is 4.10. The molecular formula is C17H32N2O4. The molecule has 0 saturated carbocycles. The molecular weight excluding hydrogens is 296 g/mol. The Morgan fingerprint density at radius 3 is 1.96 bits per heavy atom. The molecule has 0 heterocycles. The van der Waals surface area contributed by atoms with Crippen LogP contribution in [-0.4, -0.2) is 34.5 Å². The van der Waals surface area contributed by atoms with Gasteiger partial charge in [0.2, 0.25) is 11.8 Å². The van der Waals surface area contributed by atoms with Crippen LogP contribution >= 0.6 is 0 Å². The first kappa shape index (κ1) is 21.4. The van der Waals surface area contributed by atoms with Gasteiger partial charge in [-0.2, -0.15) is 0 Å². The van der Waals surface area contributed by atoms with Crippen molar-refractivity contribution in [3.05, 3.63) is 0 Å². The normalized spacial score (nSPS) is 16.8. The lowest BCUT2D eigenvalue weighted by atomic mass is 9.83. The first-order valence-corrected chi connectivity index (χ1v) is 8.15. The summed E-state index contributed by atoms with van der Waals surface area (Å²) in [6.45, 7) is 12.7. The number of carboxylic acid groups (broad SMARTS) is 1. The number of aliphatic carboxylic acids is 1. The lowest BCUT2D eigenvalue weighted by molar-refractivity contribution is -0.148. The molecule has 0 aromatic rings. The molecule has 23 heavy (non-hydrogen) atoms. The molecule has 3 N–H and O–H groups in total. The summed E-state index contributed by atoms with van der Waals surface area (Å²) in [5.74, 6) is -1.91. The van der Waals surface area contributed by atoms with Gasteiger partial charge in [-0.15, -0.1) is 0 Å². The van der Waals surface area contributed by atoms with Gasteiger partial charge in [0.25, 0.3) is 0 Å². The number of nitrogens with one attached hydrogen (secondary N) is 2.